The molecule has 0 amide bonds. The van der Waals surface area contributed by atoms with E-state index in [1.807, 2.05) is 6.07 Å². The van der Waals surface area contributed by atoms with Crippen LogP contribution in [0.3, 0.4) is 0 Å². The van der Waals surface area contributed by atoms with Crippen molar-refractivity contribution < 1.29 is 4.74 Å². The second-order valence-corrected chi connectivity index (χ2v) is 6.50. The van der Waals surface area contributed by atoms with Gasteiger partial charge < -0.3 is 20.7 Å². The molecule has 0 spiro atoms. The van der Waals surface area contributed by atoms with Gasteiger partial charge in [0.1, 0.15) is 0 Å². The molecule has 0 saturated heterocycles. The summed E-state index contributed by atoms with van der Waals surface area (Å²) >= 11 is 0. The highest BCUT2D eigenvalue weighted by Gasteiger charge is 2.06. The molecular formula is C22H32N4O. The maximum atomic E-state index is 5.05. The fourth-order valence-electron chi connectivity index (χ4n) is 2.69. The maximum Gasteiger partial charge on any atom is 0.191 e. The first-order valence-electron chi connectivity index (χ1n) is 9.61. The first kappa shape index (κ1) is 20.8. The summed E-state index contributed by atoms with van der Waals surface area (Å²) < 4.78 is 5.05. The van der Waals surface area contributed by atoms with Crippen molar-refractivity contribution in [2.75, 3.05) is 38.7 Å². The lowest BCUT2D eigenvalue weighted by atomic mass is 10.0. The largest absolute Gasteiger partial charge is 0.383 e. The van der Waals surface area contributed by atoms with Crippen LogP contribution in [0.25, 0.3) is 0 Å². The number of hydrogen-bond donors (Lipinski definition) is 3. The van der Waals surface area contributed by atoms with E-state index in [9.17, 15) is 0 Å². The van der Waals surface area contributed by atoms with Crippen molar-refractivity contribution in [1.29, 1.82) is 0 Å². The van der Waals surface area contributed by atoms with E-state index < -0.39 is 0 Å². The molecule has 1 unspecified atom stereocenters. The Kier molecular flexibility index (Phi) is 9.21. The number of guanidine groups is 1. The number of nitrogens with one attached hydrogen (secondary N) is 3. The van der Waals surface area contributed by atoms with E-state index >= 15 is 0 Å². The van der Waals surface area contributed by atoms with Gasteiger partial charge >= 0.3 is 0 Å². The van der Waals surface area contributed by atoms with Gasteiger partial charge in [-0.05, 0) is 36.1 Å². The fourth-order valence-corrected chi connectivity index (χ4v) is 2.69. The number of ether oxygens (including phenoxy) is 1. The summed E-state index contributed by atoms with van der Waals surface area (Å²) in [6.07, 6.45) is 0. The number of anilines is 1. The van der Waals surface area contributed by atoms with Gasteiger partial charge in [0.2, 0.25) is 0 Å². The predicted octanol–water partition coefficient (Wildman–Crippen LogP) is 3.60. The maximum absolute atomic E-state index is 5.05. The van der Waals surface area contributed by atoms with Gasteiger partial charge in [0.15, 0.2) is 5.96 Å². The molecule has 146 valence electrons. The van der Waals surface area contributed by atoms with Gasteiger partial charge in [-0.25, -0.2) is 4.99 Å². The molecule has 5 nitrogen and oxygen atoms in total. The van der Waals surface area contributed by atoms with E-state index in [0.29, 0.717) is 19.1 Å². The van der Waals surface area contributed by atoms with Crippen LogP contribution >= 0.6 is 0 Å². The molecule has 5 heteroatoms. The number of rotatable bonds is 10. The van der Waals surface area contributed by atoms with Crippen LogP contribution in [0.15, 0.2) is 59.6 Å². The van der Waals surface area contributed by atoms with Gasteiger partial charge in [-0.15, -0.1) is 0 Å². The van der Waals surface area contributed by atoms with Crippen LogP contribution < -0.4 is 16.0 Å². The first-order valence-corrected chi connectivity index (χ1v) is 9.61. The van der Waals surface area contributed by atoms with Crippen LogP contribution in [0.2, 0.25) is 0 Å². The van der Waals surface area contributed by atoms with Crippen molar-refractivity contribution in [2.24, 2.45) is 4.99 Å². The minimum absolute atomic E-state index is 0.424. The molecule has 0 fully saturated rings. The number of nitrogens with zero attached hydrogens (tertiary/aromatic N) is 1. The highest BCUT2D eigenvalue weighted by Crippen LogP contribution is 2.13. The molecule has 0 saturated carbocycles. The molecule has 27 heavy (non-hydrogen) atoms. The zero-order chi connectivity index (χ0) is 19.3. The third kappa shape index (κ3) is 7.71. The summed E-state index contributed by atoms with van der Waals surface area (Å²) in [7, 11) is 1.71. The minimum Gasteiger partial charge on any atom is -0.383 e. The zero-order valence-electron chi connectivity index (χ0n) is 16.7. The third-order valence-corrected chi connectivity index (χ3v) is 4.30. The van der Waals surface area contributed by atoms with Crippen LogP contribution in [-0.4, -0.2) is 39.3 Å². The Morgan fingerprint density at radius 2 is 1.78 bits per heavy atom. The van der Waals surface area contributed by atoms with Crippen LogP contribution in [-0.2, 0) is 11.3 Å². The predicted molar refractivity (Wildman–Crippen MR) is 114 cm³/mol. The van der Waals surface area contributed by atoms with Gasteiger partial charge in [-0.1, -0.05) is 49.4 Å². The average molecular weight is 369 g/mol. The van der Waals surface area contributed by atoms with Crippen molar-refractivity contribution in [3.05, 3.63) is 65.7 Å². The standard InChI is InChI=1S/C22H32N4O/c1-4-23-22(25-16-18(2)20-8-6-5-7-9-20)26-17-19-10-12-21(13-11-19)24-14-15-27-3/h5-13,18,24H,4,14-17H2,1-3H3,(H2,23,25,26). The van der Waals surface area contributed by atoms with Crippen molar-refractivity contribution >= 4 is 11.6 Å². The normalized spacial score (nSPS) is 12.5. The Hall–Kier alpha value is -2.53. The fraction of sp³-hybridized carbons (Fsp3) is 0.409. The lowest BCUT2D eigenvalue weighted by molar-refractivity contribution is 0.211. The SMILES string of the molecule is CCNC(=NCc1ccc(NCCOC)cc1)NCC(C)c1ccccc1. The number of methoxy groups -OCH3 is 1. The Balaban J connectivity index is 1.87. The summed E-state index contributed by atoms with van der Waals surface area (Å²) in [5.74, 6) is 1.27. The van der Waals surface area contributed by atoms with Crippen LogP contribution in [0.5, 0.6) is 0 Å². The highest BCUT2D eigenvalue weighted by atomic mass is 16.5. The molecule has 0 aliphatic rings. The zero-order valence-corrected chi connectivity index (χ0v) is 16.7. The second kappa shape index (κ2) is 12.0. The van der Waals surface area contributed by atoms with E-state index in [2.05, 4.69) is 78.3 Å². The number of benzene rings is 2. The Labute approximate surface area is 163 Å². The second-order valence-electron chi connectivity index (χ2n) is 6.50. The summed E-state index contributed by atoms with van der Waals surface area (Å²) in [4.78, 5) is 4.71. The van der Waals surface area contributed by atoms with Gasteiger partial charge in [0.05, 0.1) is 13.2 Å². The molecular weight excluding hydrogens is 336 g/mol. The Morgan fingerprint density at radius 3 is 2.44 bits per heavy atom. The van der Waals surface area contributed by atoms with Gasteiger partial charge in [0.25, 0.3) is 0 Å². The molecule has 0 aliphatic carbocycles. The van der Waals surface area contributed by atoms with Gasteiger partial charge in [-0.2, -0.15) is 0 Å². The van der Waals surface area contributed by atoms with Crippen molar-refractivity contribution in [3.63, 3.8) is 0 Å². The molecule has 0 bridgehead atoms. The quantitative estimate of drug-likeness (QED) is 0.341. The Bertz CT molecular complexity index is 670. The van der Waals surface area contributed by atoms with Crippen molar-refractivity contribution in [1.82, 2.24) is 10.6 Å². The average Bonchev–Trinajstić information content (AvgIpc) is 2.71. The van der Waals surface area contributed by atoms with E-state index in [0.717, 1.165) is 31.3 Å². The molecule has 1 atom stereocenters. The molecule has 0 aliphatic heterocycles. The number of hydrogen-bond acceptors (Lipinski definition) is 3. The monoisotopic (exact) mass is 368 g/mol. The molecule has 0 aromatic heterocycles. The van der Waals surface area contributed by atoms with Crippen molar-refractivity contribution in [2.45, 2.75) is 26.3 Å². The molecule has 2 aromatic carbocycles. The van der Waals surface area contributed by atoms with Gasteiger partial charge in [0, 0.05) is 32.4 Å². The van der Waals surface area contributed by atoms with E-state index in [1.54, 1.807) is 7.11 Å². The minimum atomic E-state index is 0.424. The molecule has 2 rings (SSSR count). The van der Waals surface area contributed by atoms with Gasteiger partial charge in [-0.3, -0.25) is 0 Å². The molecule has 0 heterocycles. The molecule has 3 N–H and O–H groups in total. The third-order valence-electron chi connectivity index (χ3n) is 4.30. The van der Waals surface area contributed by atoms with Crippen LogP contribution in [0, 0.1) is 0 Å². The summed E-state index contributed by atoms with van der Waals surface area (Å²) in [5.41, 5.74) is 3.61. The summed E-state index contributed by atoms with van der Waals surface area (Å²) in [6, 6.07) is 18.9. The first-order chi connectivity index (χ1) is 13.2. The highest BCUT2D eigenvalue weighted by molar-refractivity contribution is 5.79. The van der Waals surface area contributed by atoms with E-state index in [4.69, 9.17) is 9.73 Å². The molecule has 0 radical (unpaired) electrons. The summed E-state index contributed by atoms with van der Waals surface area (Å²) in [5, 5.41) is 10.1. The smallest absolute Gasteiger partial charge is 0.191 e. The lowest BCUT2D eigenvalue weighted by Crippen LogP contribution is -2.39. The van der Waals surface area contributed by atoms with Crippen LogP contribution in [0.1, 0.15) is 30.9 Å². The van der Waals surface area contributed by atoms with E-state index in [1.165, 1.54) is 11.1 Å². The van der Waals surface area contributed by atoms with E-state index in [-0.39, 0.29) is 0 Å². The van der Waals surface area contributed by atoms with Crippen molar-refractivity contribution in [3.8, 4) is 0 Å². The lowest BCUT2D eigenvalue weighted by Gasteiger charge is -2.16. The topological polar surface area (TPSA) is 57.7 Å². The molecule has 2 aromatic rings. The summed E-state index contributed by atoms with van der Waals surface area (Å²) in [6.45, 7) is 8.15. The number of aliphatic imine (C=N–C) groups is 1. The van der Waals surface area contributed by atoms with Crippen LogP contribution in [0.4, 0.5) is 5.69 Å². The Morgan fingerprint density at radius 1 is 1.04 bits per heavy atom.